The van der Waals surface area contributed by atoms with Crippen molar-refractivity contribution in [2.45, 2.75) is 18.4 Å². The van der Waals surface area contributed by atoms with Gasteiger partial charge < -0.3 is 5.32 Å². The molecule has 26 heavy (non-hydrogen) atoms. The molecule has 2 aromatic carbocycles. The summed E-state index contributed by atoms with van der Waals surface area (Å²) in [6, 6.07) is 14.6. The molecule has 1 aliphatic heterocycles. The lowest BCUT2D eigenvalue weighted by Gasteiger charge is -2.11. The zero-order valence-electron chi connectivity index (χ0n) is 14.0. The van der Waals surface area contributed by atoms with Gasteiger partial charge in [-0.25, -0.2) is 4.68 Å². The van der Waals surface area contributed by atoms with E-state index >= 15 is 0 Å². The number of rotatable bonds is 3. The Morgan fingerprint density at radius 3 is 2.50 bits per heavy atom. The Morgan fingerprint density at radius 2 is 1.81 bits per heavy atom. The summed E-state index contributed by atoms with van der Waals surface area (Å²) in [5.41, 5.74) is 4.10. The van der Waals surface area contributed by atoms with Gasteiger partial charge in [0.25, 0.3) is 5.91 Å². The molecule has 0 radical (unpaired) electrons. The van der Waals surface area contributed by atoms with Crippen LogP contribution in [0.2, 0.25) is 5.02 Å². The Bertz CT molecular complexity index is 1010. The normalized spacial score (nSPS) is 15.7. The monoisotopic (exact) mass is 385 g/mol. The van der Waals surface area contributed by atoms with Gasteiger partial charge in [0.2, 0.25) is 0 Å². The van der Waals surface area contributed by atoms with E-state index in [2.05, 4.69) is 10.4 Å². The van der Waals surface area contributed by atoms with Crippen molar-refractivity contribution in [3.05, 3.63) is 75.9 Å². The highest BCUT2D eigenvalue weighted by molar-refractivity contribution is 7.83. The van der Waals surface area contributed by atoms with Crippen molar-refractivity contribution in [1.82, 2.24) is 9.78 Å². The number of hydrogen-bond acceptors (Lipinski definition) is 3. The Hall–Kier alpha value is -2.44. The minimum Gasteiger partial charge on any atom is -0.306 e. The molecule has 2 heterocycles. The molecule has 1 amide bonds. The Balaban J connectivity index is 1.74. The average Bonchev–Trinajstić information content (AvgIpc) is 3.13. The van der Waals surface area contributed by atoms with E-state index in [9.17, 15) is 9.00 Å². The summed E-state index contributed by atoms with van der Waals surface area (Å²) in [5, 5.41) is 8.11. The number of nitrogens with one attached hydrogen (secondary N) is 1. The van der Waals surface area contributed by atoms with Crippen molar-refractivity contribution in [3.63, 3.8) is 0 Å². The number of halogens is 1. The maximum atomic E-state index is 12.7. The van der Waals surface area contributed by atoms with Gasteiger partial charge >= 0.3 is 0 Å². The van der Waals surface area contributed by atoms with Crippen LogP contribution < -0.4 is 5.32 Å². The Labute approximate surface area is 158 Å². The number of carbonyl (C=O) groups excluding carboxylic acids is 1. The van der Waals surface area contributed by atoms with Gasteiger partial charge in [-0.1, -0.05) is 29.3 Å². The second kappa shape index (κ2) is 6.70. The van der Waals surface area contributed by atoms with E-state index in [1.54, 1.807) is 28.9 Å². The minimum absolute atomic E-state index is 0.254. The molecular weight excluding hydrogens is 370 g/mol. The topological polar surface area (TPSA) is 64.0 Å². The summed E-state index contributed by atoms with van der Waals surface area (Å²) in [7, 11) is -0.974. The van der Waals surface area contributed by atoms with Gasteiger partial charge in [0.05, 0.1) is 22.9 Å². The number of anilines is 1. The Kier molecular flexibility index (Phi) is 4.38. The number of fused-ring (bicyclic) bond motifs is 1. The maximum Gasteiger partial charge on any atom is 0.256 e. The Morgan fingerprint density at radius 1 is 1.12 bits per heavy atom. The van der Waals surface area contributed by atoms with Crippen LogP contribution >= 0.6 is 11.6 Å². The van der Waals surface area contributed by atoms with Crippen molar-refractivity contribution in [1.29, 1.82) is 0 Å². The van der Waals surface area contributed by atoms with E-state index in [0.29, 0.717) is 27.9 Å². The third kappa shape index (κ3) is 3.18. The van der Waals surface area contributed by atoms with Gasteiger partial charge in [-0.15, -0.1) is 0 Å². The zero-order chi connectivity index (χ0) is 18.3. The molecule has 132 valence electrons. The molecule has 0 saturated carbocycles. The van der Waals surface area contributed by atoms with Crippen LogP contribution in [0.1, 0.15) is 27.2 Å². The zero-order valence-corrected chi connectivity index (χ0v) is 15.6. The van der Waals surface area contributed by atoms with Gasteiger partial charge in [-0.3, -0.25) is 9.00 Å². The molecule has 5 nitrogen and oxygen atoms in total. The number of aryl methyl sites for hydroxylation is 1. The van der Waals surface area contributed by atoms with E-state index < -0.39 is 10.8 Å². The van der Waals surface area contributed by atoms with Crippen LogP contribution in [-0.2, 0) is 22.3 Å². The van der Waals surface area contributed by atoms with Crippen molar-refractivity contribution in [2.75, 3.05) is 5.32 Å². The van der Waals surface area contributed by atoms with Crippen molar-refractivity contribution >= 4 is 34.1 Å². The number of nitrogens with zero attached hydrogens (tertiary/aromatic N) is 2. The van der Waals surface area contributed by atoms with Crippen molar-refractivity contribution in [2.24, 2.45) is 0 Å². The number of hydrogen-bond donors (Lipinski definition) is 1. The summed E-state index contributed by atoms with van der Waals surface area (Å²) in [4.78, 5) is 12.7. The largest absolute Gasteiger partial charge is 0.306 e. The van der Waals surface area contributed by atoms with Gasteiger partial charge in [-0.2, -0.15) is 5.10 Å². The molecule has 0 fully saturated rings. The van der Waals surface area contributed by atoms with Crippen LogP contribution in [-0.4, -0.2) is 19.9 Å². The second-order valence-electron chi connectivity index (χ2n) is 6.21. The molecule has 0 aliphatic carbocycles. The highest BCUT2D eigenvalue weighted by Crippen LogP contribution is 2.31. The molecular formula is C19H16ClN3O2S. The van der Waals surface area contributed by atoms with E-state index in [1.807, 2.05) is 31.2 Å². The van der Waals surface area contributed by atoms with Crippen LogP contribution in [0.3, 0.4) is 0 Å². The lowest BCUT2D eigenvalue weighted by atomic mass is 10.2. The molecule has 7 heteroatoms. The fraction of sp³-hybridized carbons (Fsp3) is 0.158. The summed E-state index contributed by atoms with van der Waals surface area (Å²) in [5.74, 6) is 1.14. The molecule has 1 aromatic heterocycles. The van der Waals surface area contributed by atoms with E-state index in [1.165, 1.54) is 0 Å². The van der Waals surface area contributed by atoms with Crippen LogP contribution in [0.5, 0.6) is 0 Å². The summed E-state index contributed by atoms with van der Waals surface area (Å²) >= 11 is 5.89. The highest BCUT2D eigenvalue weighted by Gasteiger charge is 2.28. The fourth-order valence-electron chi connectivity index (χ4n) is 2.91. The van der Waals surface area contributed by atoms with Crippen LogP contribution in [0.15, 0.2) is 48.5 Å². The molecule has 1 atom stereocenters. The maximum absolute atomic E-state index is 12.7. The predicted molar refractivity (Wildman–Crippen MR) is 103 cm³/mol. The van der Waals surface area contributed by atoms with Gasteiger partial charge in [0, 0.05) is 26.9 Å². The van der Waals surface area contributed by atoms with Crippen LogP contribution in [0, 0.1) is 6.92 Å². The minimum atomic E-state index is -0.974. The first-order valence-corrected chi connectivity index (χ1v) is 9.97. The first-order valence-electron chi connectivity index (χ1n) is 8.11. The number of amides is 1. The SMILES string of the molecule is Cc1ccc(-n2nc3c(c2NC(=O)c2ccc(Cl)cc2)C[S@](=O)C3)cc1. The van der Waals surface area contributed by atoms with E-state index in [4.69, 9.17) is 11.6 Å². The standard InChI is InChI=1S/C19H16ClN3O2S/c1-12-2-8-15(9-3-12)23-18(16-10-26(25)11-17(16)22-23)21-19(24)13-4-6-14(20)7-5-13/h2-9H,10-11H2,1H3,(H,21,24)/t26-/m0/s1. The molecule has 0 bridgehead atoms. The number of aromatic nitrogens is 2. The molecule has 4 rings (SSSR count). The number of benzene rings is 2. The second-order valence-corrected chi connectivity index (χ2v) is 8.10. The average molecular weight is 386 g/mol. The fourth-order valence-corrected chi connectivity index (χ4v) is 4.30. The smallest absolute Gasteiger partial charge is 0.256 e. The van der Waals surface area contributed by atoms with Crippen molar-refractivity contribution in [3.8, 4) is 5.69 Å². The third-order valence-electron chi connectivity index (χ3n) is 4.29. The summed E-state index contributed by atoms with van der Waals surface area (Å²) in [6.45, 7) is 2.01. The van der Waals surface area contributed by atoms with E-state index in [-0.39, 0.29) is 5.91 Å². The first kappa shape index (κ1) is 17.0. The van der Waals surface area contributed by atoms with Gasteiger partial charge in [0.15, 0.2) is 0 Å². The van der Waals surface area contributed by atoms with Crippen LogP contribution in [0.25, 0.3) is 5.69 Å². The van der Waals surface area contributed by atoms with E-state index in [0.717, 1.165) is 22.5 Å². The van der Waals surface area contributed by atoms with Gasteiger partial charge in [0.1, 0.15) is 5.82 Å². The third-order valence-corrected chi connectivity index (χ3v) is 5.74. The first-order chi connectivity index (χ1) is 12.5. The summed E-state index contributed by atoms with van der Waals surface area (Å²) < 4.78 is 13.7. The lowest BCUT2D eigenvalue weighted by molar-refractivity contribution is 0.102. The lowest BCUT2D eigenvalue weighted by Crippen LogP contribution is -2.16. The quantitative estimate of drug-likeness (QED) is 0.744. The number of carbonyl (C=O) groups is 1. The predicted octanol–water partition coefficient (Wildman–Crippen LogP) is 3.85. The molecule has 1 N–H and O–H groups in total. The molecule has 0 unspecified atom stereocenters. The van der Waals surface area contributed by atoms with Gasteiger partial charge in [-0.05, 0) is 43.3 Å². The van der Waals surface area contributed by atoms with Crippen molar-refractivity contribution < 1.29 is 9.00 Å². The molecule has 0 saturated heterocycles. The summed E-state index contributed by atoms with van der Waals surface area (Å²) in [6.07, 6.45) is 0. The van der Waals surface area contributed by atoms with Crippen LogP contribution in [0.4, 0.5) is 5.82 Å². The molecule has 3 aromatic rings. The highest BCUT2D eigenvalue weighted by atomic mass is 35.5. The molecule has 1 aliphatic rings. The molecule has 0 spiro atoms.